The Morgan fingerprint density at radius 2 is 1.81 bits per heavy atom. The number of rotatable bonds is 4. The Morgan fingerprint density at radius 3 is 2.67 bits per heavy atom. The molecular formula is C18H18O3. The number of aliphatic hydroxyl groups excluding tert-OH is 1. The van der Waals surface area contributed by atoms with Crippen molar-refractivity contribution in [1.29, 1.82) is 0 Å². The second-order valence-electron chi connectivity index (χ2n) is 5.81. The van der Waals surface area contributed by atoms with Gasteiger partial charge in [0.2, 0.25) is 0 Å². The first-order valence-electron chi connectivity index (χ1n) is 7.44. The van der Waals surface area contributed by atoms with E-state index in [4.69, 9.17) is 9.47 Å². The summed E-state index contributed by atoms with van der Waals surface area (Å²) in [6.07, 6.45) is 2.02. The van der Waals surface area contributed by atoms with E-state index in [2.05, 4.69) is 0 Å². The molecule has 2 aromatic rings. The molecule has 1 saturated carbocycles. The Labute approximate surface area is 124 Å². The van der Waals surface area contributed by atoms with E-state index in [1.54, 1.807) is 0 Å². The fourth-order valence-corrected chi connectivity index (χ4v) is 2.69. The monoisotopic (exact) mass is 282 g/mol. The zero-order valence-corrected chi connectivity index (χ0v) is 11.8. The Balaban J connectivity index is 1.59. The molecular weight excluding hydrogens is 264 g/mol. The summed E-state index contributed by atoms with van der Waals surface area (Å²) in [7, 11) is 0. The molecule has 1 N–H and O–H groups in total. The van der Waals surface area contributed by atoms with Crippen LogP contribution in [0.4, 0.5) is 0 Å². The smallest absolute Gasteiger partial charge is 0.120 e. The molecule has 4 rings (SSSR count). The van der Waals surface area contributed by atoms with Crippen LogP contribution in [0, 0.1) is 0 Å². The van der Waals surface area contributed by atoms with Crippen molar-refractivity contribution >= 4 is 0 Å². The minimum absolute atomic E-state index is 0.370. The summed E-state index contributed by atoms with van der Waals surface area (Å²) in [6.45, 7) is 1.32. The van der Waals surface area contributed by atoms with Gasteiger partial charge >= 0.3 is 0 Å². The number of aliphatic hydroxyl groups is 1. The van der Waals surface area contributed by atoms with E-state index in [1.165, 1.54) is 11.1 Å². The Kier molecular flexibility index (Phi) is 3.17. The predicted molar refractivity (Wildman–Crippen MR) is 79.1 cm³/mol. The van der Waals surface area contributed by atoms with Gasteiger partial charge in [-0.1, -0.05) is 30.3 Å². The summed E-state index contributed by atoms with van der Waals surface area (Å²) in [5, 5.41) is 10.6. The lowest BCUT2D eigenvalue weighted by Crippen LogP contribution is -2.02. The molecule has 1 aliphatic heterocycles. The van der Waals surface area contributed by atoms with Crippen LogP contribution < -0.4 is 4.74 Å². The van der Waals surface area contributed by atoms with Gasteiger partial charge in [-0.15, -0.1) is 0 Å². The molecule has 0 amide bonds. The van der Waals surface area contributed by atoms with Crippen molar-refractivity contribution in [2.45, 2.75) is 38.3 Å². The Bertz CT molecular complexity index is 661. The molecule has 2 aliphatic rings. The van der Waals surface area contributed by atoms with Gasteiger partial charge in [0, 0.05) is 0 Å². The van der Waals surface area contributed by atoms with Gasteiger partial charge in [-0.05, 0) is 47.2 Å². The van der Waals surface area contributed by atoms with Crippen LogP contribution in [0.15, 0.2) is 42.5 Å². The molecule has 1 atom stereocenters. The molecule has 0 spiro atoms. The third-order valence-corrected chi connectivity index (χ3v) is 4.06. The van der Waals surface area contributed by atoms with Gasteiger partial charge in [-0.3, -0.25) is 0 Å². The molecule has 1 unspecified atom stereocenters. The number of hydrogen-bond donors (Lipinski definition) is 1. The lowest BCUT2D eigenvalue weighted by Gasteiger charge is -2.14. The zero-order chi connectivity index (χ0) is 14.2. The maximum absolute atomic E-state index is 10.6. The Hall–Kier alpha value is -1.84. The summed E-state index contributed by atoms with van der Waals surface area (Å²) in [5.41, 5.74) is 4.17. The number of ether oxygens (including phenoxy) is 2. The number of hydrogen-bond acceptors (Lipinski definition) is 3. The van der Waals surface area contributed by atoms with Crippen molar-refractivity contribution < 1.29 is 14.6 Å². The highest BCUT2D eigenvalue weighted by Crippen LogP contribution is 2.31. The zero-order valence-electron chi connectivity index (χ0n) is 11.8. The summed E-state index contributed by atoms with van der Waals surface area (Å²) < 4.78 is 11.2. The quantitative estimate of drug-likeness (QED) is 0.934. The third-order valence-electron chi connectivity index (χ3n) is 4.06. The van der Waals surface area contributed by atoms with Crippen LogP contribution in [0.2, 0.25) is 0 Å². The first kappa shape index (κ1) is 12.9. The van der Waals surface area contributed by atoms with Crippen molar-refractivity contribution in [2.75, 3.05) is 0 Å². The minimum Gasteiger partial charge on any atom is -0.490 e. The molecule has 1 aliphatic carbocycles. The van der Waals surface area contributed by atoms with Gasteiger partial charge in [0.1, 0.15) is 11.9 Å². The van der Waals surface area contributed by atoms with Gasteiger partial charge in [-0.2, -0.15) is 0 Å². The molecule has 0 bridgehead atoms. The lowest BCUT2D eigenvalue weighted by atomic mass is 9.98. The van der Waals surface area contributed by atoms with Gasteiger partial charge in [0.25, 0.3) is 0 Å². The van der Waals surface area contributed by atoms with Crippen LogP contribution >= 0.6 is 0 Å². The topological polar surface area (TPSA) is 38.7 Å². The molecule has 0 radical (unpaired) electrons. The van der Waals surface area contributed by atoms with E-state index in [-0.39, 0.29) is 0 Å². The fourth-order valence-electron chi connectivity index (χ4n) is 2.69. The van der Waals surface area contributed by atoms with Crippen LogP contribution in [0.25, 0.3) is 0 Å². The highest BCUT2D eigenvalue weighted by molar-refractivity contribution is 5.39. The van der Waals surface area contributed by atoms with Crippen molar-refractivity contribution in [3.05, 3.63) is 64.7 Å². The molecule has 108 valence electrons. The average Bonchev–Trinajstić information content (AvgIpc) is 3.20. The van der Waals surface area contributed by atoms with E-state index in [0.717, 1.165) is 29.7 Å². The highest BCUT2D eigenvalue weighted by Gasteiger charge is 2.24. The van der Waals surface area contributed by atoms with E-state index in [1.807, 2.05) is 42.5 Å². The van der Waals surface area contributed by atoms with Crippen LogP contribution in [0.5, 0.6) is 5.75 Å². The summed E-state index contributed by atoms with van der Waals surface area (Å²) in [5.74, 6) is 0.846. The van der Waals surface area contributed by atoms with Crippen molar-refractivity contribution in [3.8, 4) is 5.75 Å². The fraction of sp³-hybridized carbons (Fsp3) is 0.333. The summed E-state index contributed by atoms with van der Waals surface area (Å²) >= 11 is 0. The van der Waals surface area contributed by atoms with E-state index < -0.39 is 6.10 Å². The largest absolute Gasteiger partial charge is 0.490 e. The van der Waals surface area contributed by atoms with Crippen LogP contribution in [-0.4, -0.2) is 11.2 Å². The standard InChI is InChI=1S/C18H18O3/c19-18(13-4-5-14-10-20-11-15(14)8-13)12-2-1-3-17(9-12)21-16-6-7-16/h1-5,8-9,16,18-19H,6-7,10-11H2. The number of fused-ring (bicyclic) bond motifs is 1. The molecule has 2 aromatic carbocycles. The summed E-state index contributed by atoms with van der Waals surface area (Å²) in [4.78, 5) is 0. The molecule has 21 heavy (non-hydrogen) atoms. The maximum Gasteiger partial charge on any atom is 0.120 e. The van der Waals surface area contributed by atoms with Gasteiger partial charge in [-0.25, -0.2) is 0 Å². The van der Waals surface area contributed by atoms with Crippen LogP contribution in [0.3, 0.4) is 0 Å². The lowest BCUT2D eigenvalue weighted by molar-refractivity contribution is 0.134. The molecule has 0 aromatic heterocycles. The van der Waals surface area contributed by atoms with Crippen molar-refractivity contribution in [2.24, 2.45) is 0 Å². The van der Waals surface area contributed by atoms with E-state index in [0.29, 0.717) is 19.3 Å². The highest BCUT2D eigenvalue weighted by atomic mass is 16.5. The second-order valence-corrected chi connectivity index (χ2v) is 5.81. The van der Waals surface area contributed by atoms with Gasteiger partial charge in [0.05, 0.1) is 19.3 Å². The second kappa shape index (κ2) is 5.17. The Morgan fingerprint density at radius 1 is 1.00 bits per heavy atom. The molecule has 0 saturated heterocycles. The molecule has 1 fully saturated rings. The minimum atomic E-state index is -0.626. The van der Waals surface area contributed by atoms with Gasteiger partial charge < -0.3 is 14.6 Å². The van der Waals surface area contributed by atoms with Gasteiger partial charge in [0.15, 0.2) is 0 Å². The van der Waals surface area contributed by atoms with E-state index in [9.17, 15) is 5.11 Å². The molecule has 1 heterocycles. The maximum atomic E-state index is 10.6. The first-order valence-corrected chi connectivity index (χ1v) is 7.44. The van der Waals surface area contributed by atoms with Crippen molar-refractivity contribution in [1.82, 2.24) is 0 Å². The third kappa shape index (κ3) is 2.67. The SMILES string of the molecule is OC(c1cccc(OC2CC2)c1)c1ccc2c(c1)COC2. The number of benzene rings is 2. The first-order chi connectivity index (χ1) is 10.3. The van der Waals surface area contributed by atoms with Crippen LogP contribution in [0.1, 0.15) is 41.2 Å². The normalized spacial score (nSPS) is 18.3. The summed E-state index contributed by atoms with van der Waals surface area (Å²) in [6, 6.07) is 13.8. The molecule has 3 heteroatoms. The van der Waals surface area contributed by atoms with Crippen molar-refractivity contribution in [3.63, 3.8) is 0 Å². The average molecular weight is 282 g/mol. The molecule has 3 nitrogen and oxygen atoms in total. The van der Waals surface area contributed by atoms with E-state index >= 15 is 0 Å². The van der Waals surface area contributed by atoms with Crippen LogP contribution in [-0.2, 0) is 18.0 Å². The predicted octanol–water partition coefficient (Wildman–Crippen LogP) is 3.34.